The molecule has 0 spiro atoms. The van der Waals surface area contributed by atoms with Crippen molar-refractivity contribution in [2.45, 2.75) is 52.1 Å². The Bertz CT molecular complexity index is 343. The average molecular weight is 221 g/mol. The molecule has 1 aromatic rings. The third-order valence-corrected chi connectivity index (χ3v) is 3.81. The second-order valence-corrected chi connectivity index (χ2v) is 5.08. The number of rotatable bonds is 4. The van der Waals surface area contributed by atoms with E-state index in [9.17, 15) is 0 Å². The Balaban J connectivity index is 1.82. The monoisotopic (exact) mass is 221 g/mol. The van der Waals surface area contributed by atoms with E-state index in [2.05, 4.69) is 30.5 Å². The summed E-state index contributed by atoms with van der Waals surface area (Å²) < 4.78 is 1.90. The van der Waals surface area contributed by atoms with Crippen LogP contribution in [0.25, 0.3) is 0 Å². The Labute approximate surface area is 98.2 Å². The fourth-order valence-corrected chi connectivity index (χ4v) is 2.71. The van der Waals surface area contributed by atoms with Crippen molar-refractivity contribution in [1.29, 1.82) is 0 Å². The lowest BCUT2D eigenvalue weighted by Gasteiger charge is -2.12. The van der Waals surface area contributed by atoms with Crippen molar-refractivity contribution in [3.63, 3.8) is 0 Å². The lowest BCUT2D eigenvalue weighted by atomic mass is 10.1. The van der Waals surface area contributed by atoms with Crippen LogP contribution in [0, 0.1) is 12.8 Å². The minimum absolute atomic E-state index is 0.726. The largest absolute Gasteiger partial charge is 0.310 e. The van der Waals surface area contributed by atoms with Crippen LogP contribution >= 0.6 is 0 Å². The zero-order chi connectivity index (χ0) is 11.5. The fraction of sp³-hybridized carbons (Fsp3) is 0.769. The highest BCUT2D eigenvalue weighted by Gasteiger charge is 2.22. The van der Waals surface area contributed by atoms with Gasteiger partial charge in [-0.3, -0.25) is 4.68 Å². The van der Waals surface area contributed by atoms with Crippen LogP contribution in [-0.4, -0.2) is 15.8 Å². The quantitative estimate of drug-likeness (QED) is 0.846. The number of hydrogen-bond donors (Lipinski definition) is 1. The summed E-state index contributed by atoms with van der Waals surface area (Å²) in [6, 6.07) is 0.726. The molecular weight excluding hydrogens is 198 g/mol. The summed E-state index contributed by atoms with van der Waals surface area (Å²) in [5, 5.41) is 8.03. The van der Waals surface area contributed by atoms with Gasteiger partial charge in [0.15, 0.2) is 0 Å². The van der Waals surface area contributed by atoms with Gasteiger partial charge in [0.25, 0.3) is 0 Å². The molecule has 2 unspecified atom stereocenters. The summed E-state index contributed by atoms with van der Waals surface area (Å²) in [5.74, 6) is 0.951. The molecule has 1 aromatic heterocycles. The summed E-state index contributed by atoms with van der Waals surface area (Å²) in [7, 11) is 1.99. The van der Waals surface area contributed by atoms with Crippen molar-refractivity contribution in [3.8, 4) is 0 Å². The van der Waals surface area contributed by atoms with Crippen molar-refractivity contribution >= 4 is 0 Å². The van der Waals surface area contributed by atoms with Crippen LogP contribution in [0.1, 0.15) is 43.9 Å². The predicted molar refractivity (Wildman–Crippen MR) is 66.2 cm³/mol. The number of nitrogens with one attached hydrogen (secondary N) is 1. The summed E-state index contributed by atoms with van der Waals surface area (Å²) in [6.45, 7) is 5.36. The van der Waals surface area contributed by atoms with E-state index in [0.717, 1.165) is 24.2 Å². The molecule has 2 rings (SSSR count). The number of aryl methyl sites for hydroxylation is 2. The second-order valence-electron chi connectivity index (χ2n) is 5.08. The van der Waals surface area contributed by atoms with Crippen LogP contribution in [0.5, 0.6) is 0 Å². The Morgan fingerprint density at radius 1 is 1.50 bits per heavy atom. The standard InChI is InChI=1S/C13H23N3/c1-4-11-5-6-13(7-11)14-8-12-9-16(3)15-10(12)2/h9,11,13-14H,4-8H2,1-3H3. The highest BCUT2D eigenvalue weighted by molar-refractivity contribution is 5.14. The maximum atomic E-state index is 4.36. The molecule has 1 heterocycles. The molecule has 2 atom stereocenters. The molecule has 0 radical (unpaired) electrons. The number of hydrogen-bond acceptors (Lipinski definition) is 2. The lowest BCUT2D eigenvalue weighted by Crippen LogP contribution is -2.26. The lowest BCUT2D eigenvalue weighted by molar-refractivity contribution is 0.476. The van der Waals surface area contributed by atoms with Crippen LogP contribution in [0.3, 0.4) is 0 Å². The molecule has 3 nitrogen and oxygen atoms in total. The molecule has 1 fully saturated rings. The second kappa shape index (κ2) is 5.00. The van der Waals surface area contributed by atoms with Crippen LogP contribution in [-0.2, 0) is 13.6 Å². The van der Waals surface area contributed by atoms with Gasteiger partial charge in [-0.05, 0) is 32.1 Å². The highest BCUT2D eigenvalue weighted by Crippen LogP contribution is 2.28. The molecule has 1 aliphatic rings. The first-order chi connectivity index (χ1) is 7.69. The molecule has 3 heteroatoms. The molecule has 0 amide bonds. The number of nitrogens with zero attached hydrogens (tertiary/aromatic N) is 2. The van der Waals surface area contributed by atoms with Crippen molar-refractivity contribution in [1.82, 2.24) is 15.1 Å². The van der Waals surface area contributed by atoms with Crippen LogP contribution < -0.4 is 5.32 Å². The summed E-state index contributed by atoms with van der Waals surface area (Å²) in [6.07, 6.45) is 7.56. The Kier molecular flexibility index (Phi) is 3.64. The normalized spacial score (nSPS) is 25.2. The highest BCUT2D eigenvalue weighted by atomic mass is 15.2. The van der Waals surface area contributed by atoms with Crippen LogP contribution in [0.15, 0.2) is 6.20 Å². The molecule has 1 aliphatic carbocycles. The van der Waals surface area contributed by atoms with Gasteiger partial charge in [0.2, 0.25) is 0 Å². The molecule has 1 saturated carbocycles. The Hall–Kier alpha value is -0.830. The summed E-state index contributed by atoms with van der Waals surface area (Å²) in [5.41, 5.74) is 2.49. The van der Waals surface area contributed by atoms with Crippen LogP contribution in [0.4, 0.5) is 0 Å². The van der Waals surface area contributed by atoms with Gasteiger partial charge < -0.3 is 5.32 Å². The van der Waals surface area contributed by atoms with Crippen molar-refractivity contribution in [2.24, 2.45) is 13.0 Å². The van der Waals surface area contributed by atoms with Gasteiger partial charge in [0, 0.05) is 31.4 Å². The maximum absolute atomic E-state index is 4.36. The maximum Gasteiger partial charge on any atom is 0.0638 e. The molecular formula is C13H23N3. The van der Waals surface area contributed by atoms with Gasteiger partial charge >= 0.3 is 0 Å². The predicted octanol–water partition coefficient (Wildman–Crippen LogP) is 2.40. The Morgan fingerprint density at radius 3 is 2.88 bits per heavy atom. The zero-order valence-electron chi connectivity index (χ0n) is 10.7. The molecule has 0 bridgehead atoms. The smallest absolute Gasteiger partial charge is 0.0638 e. The summed E-state index contributed by atoms with van der Waals surface area (Å²) >= 11 is 0. The molecule has 0 aromatic carbocycles. The van der Waals surface area contributed by atoms with Crippen LogP contribution in [0.2, 0.25) is 0 Å². The van der Waals surface area contributed by atoms with E-state index in [0.29, 0.717) is 0 Å². The molecule has 16 heavy (non-hydrogen) atoms. The van der Waals surface area contributed by atoms with Gasteiger partial charge in [0.1, 0.15) is 0 Å². The van der Waals surface area contributed by atoms with Gasteiger partial charge in [-0.1, -0.05) is 13.3 Å². The minimum atomic E-state index is 0.726. The first-order valence-electron chi connectivity index (χ1n) is 6.41. The van der Waals surface area contributed by atoms with Gasteiger partial charge in [0.05, 0.1) is 5.69 Å². The third-order valence-electron chi connectivity index (χ3n) is 3.81. The van der Waals surface area contributed by atoms with E-state index in [1.54, 1.807) is 0 Å². The van der Waals surface area contributed by atoms with E-state index in [-0.39, 0.29) is 0 Å². The van der Waals surface area contributed by atoms with Crippen molar-refractivity contribution < 1.29 is 0 Å². The molecule has 0 aliphatic heterocycles. The zero-order valence-corrected chi connectivity index (χ0v) is 10.7. The summed E-state index contributed by atoms with van der Waals surface area (Å²) in [4.78, 5) is 0. The van der Waals surface area contributed by atoms with E-state index < -0.39 is 0 Å². The first kappa shape index (κ1) is 11.6. The molecule has 90 valence electrons. The first-order valence-corrected chi connectivity index (χ1v) is 6.41. The third kappa shape index (κ3) is 2.64. The topological polar surface area (TPSA) is 29.9 Å². The molecule has 1 N–H and O–H groups in total. The Morgan fingerprint density at radius 2 is 2.31 bits per heavy atom. The average Bonchev–Trinajstić information content (AvgIpc) is 2.82. The van der Waals surface area contributed by atoms with E-state index >= 15 is 0 Å². The van der Waals surface area contributed by atoms with Gasteiger partial charge in [-0.15, -0.1) is 0 Å². The SMILES string of the molecule is CCC1CCC(NCc2cn(C)nc2C)C1. The fourth-order valence-electron chi connectivity index (χ4n) is 2.71. The van der Waals surface area contributed by atoms with Gasteiger partial charge in [-0.25, -0.2) is 0 Å². The number of aromatic nitrogens is 2. The van der Waals surface area contributed by atoms with Crippen molar-refractivity contribution in [2.75, 3.05) is 0 Å². The van der Waals surface area contributed by atoms with E-state index in [4.69, 9.17) is 0 Å². The van der Waals surface area contributed by atoms with E-state index in [1.165, 1.54) is 31.2 Å². The minimum Gasteiger partial charge on any atom is -0.310 e. The van der Waals surface area contributed by atoms with Gasteiger partial charge in [-0.2, -0.15) is 5.10 Å². The van der Waals surface area contributed by atoms with Crippen molar-refractivity contribution in [3.05, 3.63) is 17.5 Å². The van der Waals surface area contributed by atoms with E-state index in [1.807, 2.05) is 11.7 Å². The molecule has 0 saturated heterocycles.